The van der Waals surface area contributed by atoms with Crippen molar-refractivity contribution in [2.45, 2.75) is 58.2 Å². The Morgan fingerprint density at radius 2 is 1.79 bits per heavy atom. The molecule has 1 rings (SSSR count). The van der Waals surface area contributed by atoms with Crippen molar-refractivity contribution in [3.8, 4) is 0 Å². The first-order chi connectivity index (χ1) is 11.2. The maximum atomic E-state index is 11.6. The van der Waals surface area contributed by atoms with E-state index >= 15 is 0 Å². The number of rotatable bonds is 8. The molecule has 24 heavy (non-hydrogen) atoms. The van der Waals surface area contributed by atoms with E-state index in [-0.39, 0.29) is 19.4 Å². The predicted octanol–water partition coefficient (Wildman–Crippen LogP) is 2.28. The van der Waals surface area contributed by atoms with Crippen molar-refractivity contribution >= 4 is 12.1 Å². The topological polar surface area (TPSA) is 105 Å². The van der Waals surface area contributed by atoms with Crippen LogP contribution < -0.4 is 5.32 Å². The molecule has 0 bridgehead atoms. The Kier molecular flexibility index (Phi) is 7.67. The van der Waals surface area contributed by atoms with Crippen molar-refractivity contribution in [2.24, 2.45) is 0 Å². The van der Waals surface area contributed by atoms with Gasteiger partial charge < -0.3 is 25.0 Å². The van der Waals surface area contributed by atoms with Gasteiger partial charge in [-0.05, 0) is 32.8 Å². The minimum atomic E-state index is -1.20. The Balaban J connectivity index is 2.39. The van der Waals surface area contributed by atoms with Crippen molar-refractivity contribution in [3.05, 3.63) is 35.9 Å². The molecule has 0 saturated carbocycles. The molecule has 1 amide bonds. The van der Waals surface area contributed by atoms with Gasteiger partial charge >= 0.3 is 12.1 Å². The Morgan fingerprint density at radius 1 is 1.17 bits per heavy atom. The first-order valence-electron chi connectivity index (χ1n) is 7.73. The summed E-state index contributed by atoms with van der Waals surface area (Å²) in [5, 5.41) is 21.2. The molecule has 0 fully saturated rings. The molecule has 0 heterocycles. The van der Waals surface area contributed by atoms with Gasteiger partial charge in [0.15, 0.2) is 6.29 Å². The first kappa shape index (κ1) is 19.9. The van der Waals surface area contributed by atoms with Gasteiger partial charge in [0.25, 0.3) is 0 Å². The largest absolute Gasteiger partial charge is 0.480 e. The van der Waals surface area contributed by atoms with Gasteiger partial charge in [-0.1, -0.05) is 30.3 Å². The van der Waals surface area contributed by atoms with Crippen LogP contribution >= 0.6 is 0 Å². The minimum absolute atomic E-state index is 0.0184. The molecule has 0 aliphatic carbocycles. The van der Waals surface area contributed by atoms with Gasteiger partial charge in [0.1, 0.15) is 11.6 Å². The van der Waals surface area contributed by atoms with Crippen LogP contribution in [0.4, 0.5) is 4.79 Å². The fourth-order valence-corrected chi connectivity index (χ4v) is 1.87. The lowest BCUT2D eigenvalue weighted by Crippen LogP contribution is -2.43. The molecule has 1 unspecified atom stereocenters. The number of hydrogen-bond acceptors (Lipinski definition) is 5. The Morgan fingerprint density at radius 3 is 2.33 bits per heavy atom. The zero-order valence-corrected chi connectivity index (χ0v) is 14.2. The number of ether oxygens (including phenoxy) is 2. The quantitative estimate of drug-likeness (QED) is 0.628. The summed E-state index contributed by atoms with van der Waals surface area (Å²) in [7, 11) is 0. The van der Waals surface area contributed by atoms with Crippen LogP contribution in [0, 0.1) is 0 Å². The van der Waals surface area contributed by atoms with Gasteiger partial charge in [0.05, 0.1) is 6.61 Å². The van der Waals surface area contributed by atoms with Crippen molar-refractivity contribution < 1.29 is 29.3 Å². The van der Waals surface area contributed by atoms with Gasteiger partial charge in [-0.15, -0.1) is 0 Å². The lowest BCUT2D eigenvalue weighted by molar-refractivity contribution is -0.141. The van der Waals surface area contributed by atoms with Crippen molar-refractivity contribution in [1.82, 2.24) is 5.32 Å². The van der Waals surface area contributed by atoms with E-state index in [4.69, 9.17) is 14.6 Å². The average molecular weight is 339 g/mol. The van der Waals surface area contributed by atoms with Crippen LogP contribution in [0.2, 0.25) is 0 Å². The van der Waals surface area contributed by atoms with Crippen LogP contribution in [0.25, 0.3) is 0 Å². The number of nitrogens with one attached hydrogen (secondary N) is 1. The van der Waals surface area contributed by atoms with E-state index in [2.05, 4.69) is 5.32 Å². The van der Waals surface area contributed by atoms with Crippen molar-refractivity contribution in [2.75, 3.05) is 0 Å². The summed E-state index contributed by atoms with van der Waals surface area (Å²) in [6.07, 6.45) is -1.84. The van der Waals surface area contributed by atoms with E-state index in [1.54, 1.807) is 20.8 Å². The standard InChI is InChI=1S/C17H25NO6/c1-17(2,3)24-16(22)18-13(15(20)21)9-10-14(19)23-11-12-7-5-4-6-8-12/h4-8,13-14,19H,9-11H2,1-3H3,(H,18,22)(H,20,21)/t13-,14?/m0/s1. The molecule has 3 N–H and O–H groups in total. The molecule has 1 aromatic rings. The number of hydrogen-bond donors (Lipinski definition) is 3. The molecule has 7 heteroatoms. The number of carboxylic acids is 1. The highest BCUT2D eigenvalue weighted by Gasteiger charge is 2.24. The van der Waals surface area contributed by atoms with E-state index in [1.165, 1.54) is 0 Å². The maximum absolute atomic E-state index is 11.6. The number of carboxylic acid groups (broad SMARTS) is 1. The molecule has 1 aromatic carbocycles. The normalized spacial score (nSPS) is 13.8. The van der Waals surface area contributed by atoms with Crippen LogP contribution in [-0.2, 0) is 20.9 Å². The Labute approximate surface area is 141 Å². The second-order valence-electron chi connectivity index (χ2n) is 6.37. The van der Waals surface area contributed by atoms with E-state index in [0.717, 1.165) is 5.56 Å². The minimum Gasteiger partial charge on any atom is -0.480 e. The van der Waals surface area contributed by atoms with Crippen LogP contribution in [0.5, 0.6) is 0 Å². The van der Waals surface area contributed by atoms with Crippen LogP contribution in [0.15, 0.2) is 30.3 Å². The number of aliphatic hydroxyl groups excluding tert-OH is 1. The van der Waals surface area contributed by atoms with Crippen LogP contribution in [0.3, 0.4) is 0 Å². The number of alkyl carbamates (subject to hydrolysis) is 1. The molecule has 0 aromatic heterocycles. The molecule has 0 aliphatic rings. The summed E-state index contributed by atoms with van der Waals surface area (Å²) in [4.78, 5) is 22.8. The molecular weight excluding hydrogens is 314 g/mol. The van der Waals surface area contributed by atoms with Crippen LogP contribution in [-0.4, -0.2) is 40.2 Å². The summed E-state index contributed by atoms with van der Waals surface area (Å²) in [6.45, 7) is 5.27. The maximum Gasteiger partial charge on any atom is 0.408 e. The molecule has 0 aliphatic heterocycles. The second-order valence-corrected chi connectivity index (χ2v) is 6.37. The van der Waals surface area contributed by atoms with Gasteiger partial charge in [0, 0.05) is 6.42 Å². The predicted molar refractivity (Wildman–Crippen MR) is 87.3 cm³/mol. The third kappa shape index (κ3) is 8.50. The molecule has 134 valence electrons. The summed E-state index contributed by atoms with van der Waals surface area (Å²) in [5.74, 6) is -1.20. The van der Waals surface area contributed by atoms with E-state index < -0.39 is 30.0 Å². The Bertz CT molecular complexity index is 526. The highest BCUT2D eigenvalue weighted by atomic mass is 16.6. The second kappa shape index (κ2) is 9.24. The molecule has 2 atom stereocenters. The number of carbonyl (C=O) groups excluding carboxylic acids is 1. The average Bonchev–Trinajstić information content (AvgIpc) is 2.48. The highest BCUT2D eigenvalue weighted by Crippen LogP contribution is 2.10. The molecule has 0 radical (unpaired) electrons. The Hall–Kier alpha value is -2.12. The number of aliphatic carboxylic acids is 1. The number of carbonyl (C=O) groups is 2. The van der Waals surface area contributed by atoms with Crippen LogP contribution in [0.1, 0.15) is 39.2 Å². The van der Waals surface area contributed by atoms with Gasteiger partial charge in [-0.3, -0.25) is 0 Å². The zero-order chi connectivity index (χ0) is 18.2. The third-order valence-electron chi connectivity index (χ3n) is 2.98. The molecule has 7 nitrogen and oxygen atoms in total. The number of aliphatic hydroxyl groups is 1. The van der Waals surface area contributed by atoms with E-state index in [1.807, 2.05) is 30.3 Å². The van der Waals surface area contributed by atoms with Crippen molar-refractivity contribution in [1.29, 1.82) is 0 Å². The fraction of sp³-hybridized carbons (Fsp3) is 0.529. The summed E-state index contributed by atoms with van der Waals surface area (Å²) >= 11 is 0. The molecular formula is C17H25NO6. The van der Waals surface area contributed by atoms with Crippen molar-refractivity contribution in [3.63, 3.8) is 0 Å². The van der Waals surface area contributed by atoms with Gasteiger partial charge in [-0.2, -0.15) is 0 Å². The zero-order valence-electron chi connectivity index (χ0n) is 14.2. The molecule has 0 spiro atoms. The van der Waals surface area contributed by atoms with Gasteiger partial charge in [-0.25, -0.2) is 9.59 Å². The van der Waals surface area contributed by atoms with Gasteiger partial charge in [0.2, 0.25) is 0 Å². The summed E-state index contributed by atoms with van der Waals surface area (Å²) in [6, 6.07) is 8.15. The van der Waals surface area contributed by atoms with E-state index in [9.17, 15) is 14.7 Å². The third-order valence-corrected chi connectivity index (χ3v) is 2.98. The SMILES string of the molecule is CC(C)(C)OC(=O)N[C@@H](CCC(O)OCc1ccccc1)C(=O)O. The number of benzene rings is 1. The molecule has 0 saturated heterocycles. The lowest BCUT2D eigenvalue weighted by atomic mass is 10.1. The summed E-state index contributed by atoms with van der Waals surface area (Å²) < 4.78 is 10.3. The number of amides is 1. The first-order valence-corrected chi connectivity index (χ1v) is 7.73. The summed E-state index contributed by atoms with van der Waals surface area (Å²) in [5.41, 5.74) is 0.184. The smallest absolute Gasteiger partial charge is 0.408 e. The van der Waals surface area contributed by atoms with E-state index in [0.29, 0.717) is 0 Å². The monoisotopic (exact) mass is 339 g/mol. The fourth-order valence-electron chi connectivity index (χ4n) is 1.87. The lowest BCUT2D eigenvalue weighted by Gasteiger charge is -2.22. The highest BCUT2D eigenvalue weighted by molar-refractivity contribution is 5.79.